The Balaban J connectivity index is 1.31. The fourth-order valence-electron chi connectivity index (χ4n) is 11.2. The number of carbonyl (C=O) groups is 8. The molecule has 5 saturated heterocycles. The monoisotopic (exact) mass is 1280 g/mol. The first-order valence-corrected chi connectivity index (χ1v) is 29.3. The largest absolute Gasteiger partial charge is 0.463 e. The average molecular weight is 1280 g/mol. The molecule has 30 heteroatoms. The van der Waals surface area contributed by atoms with Crippen molar-refractivity contribution in [1.82, 2.24) is 10.6 Å². The fourth-order valence-corrected chi connectivity index (χ4v) is 11.2. The van der Waals surface area contributed by atoms with Crippen LogP contribution in [0.25, 0.3) is 10.4 Å². The van der Waals surface area contributed by atoms with E-state index in [0.29, 0.717) is 11.1 Å². The minimum Gasteiger partial charge on any atom is -0.463 e. The lowest BCUT2D eigenvalue weighted by atomic mass is 9.94. The summed E-state index contributed by atoms with van der Waals surface area (Å²) in [7, 11) is 0. The Labute approximate surface area is 523 Å². The lowest BCUT2D eigenvalue weighted by Crippen LogP contribution is -2.70. The molecule has 0 aliphatic carbocycles. The number of azide groups is 1. The van der Waals surface area contributed by atoms with E-state index in [1.54, 1.807) is 60.7 Å². The van der Waals surface area contributed by atoms with Gasteiger partial charge in [-0.3, -0.25) is 38.4 Å². The van der Waals surface area contributed by atoms with E-state index in [0.717, 1.165) is 47.1 Å². The SMILES string of the molecule is CC(=O)N[C@H]1[C@H](OC[C@H]2O[C@@H](O[C@H]3[C@H](OCc4ccccc4)[C@@H](N=[N+]=[N-])[C@@H]4OC[C@H]3O4)[C@H](OCc3ccccc3)[C@@H](O[C@@H]3O[C@H](COC(C)=O)[C@@H](OC(C)=O)[C@H](OC(C)=O)[C@H]3NC(C)=O)[C@H]2OCc2ccccc2)O[C@H](COC(C)=O)[C@@H](OC(C)=O)[C@@H]1OC(C)=O. The summed E-state index contributed by atoms with van der Waals surface area (Å²) in [6.07, 6.45) is -24.8. The molecule has 5 aliphatic rings. The second-order valence-corrected chi connectivity index (χ2v) is 21.9. The molecule has 5 aliphatic heterocycles. The van der Waals surface area contributed by atoms with E-state index in [9.17, 15) is 43.9 Å². The molecule has 0 radical (unpaired) electrons. The predicted molar refractivity (Wildman–Crippen MR) is 305 cm³/mol. The van der Waals surface area contributed by atoms with E-state index in [1.807, 2.05) is 30.3 Å². The number of rotatable bonds is 27. The molecule has 20 atom stereocenters. The van der Waals surface area contributed by atoms with Gasteiger partial charge in [0.1, 0.15) is 86.3 Å². The van der Waals surface area contributed by atoms with E-state index < -0.39 is 190 Å². The smallest absolute Gasteiger partial charge is 0.303 e. The lowest BCUT2D eigenvalue weighted by molar-refractivity contribution is -0.377. The Bertz CT molecular complexity index is 3000. The third-order valence-electron chi connectivity index (χ3n) is 14.8. The summed E-state index contributed by atoms with van der Waals surface area (Å²) in [4.78, 5) is 106. The molecule has 2 bridgehead atoms. The van der Waals surface area contributed by atoms with Gasteiger partial charge in [0.2, 0.25) is 11.8 Å². The van der Waals surface area contributed by atoms with Gasteiger partial charge in [0, 0.05) is 60.3 Å². The van der Waals surface area contributed by atoms with Crippen molar-refractivity contribution in [2.75, 3.05) is 26.4 Å². The Morgan fingerprint density at radius 2 is 0.857 bits per heavy atom. The molecule has 3 aromatic carbocycles. The number of fused-ring (bicyclic) bond motifs is 2. The Kier molecular flexibility index (Phi) is 25.1. The summed E-state index contributed by atoms with van der Waals surface area (Å²) in [5.74, 6) is -6.38. The van der Waals surface area contributed by atoms with E-state index in [2.05, 4.69) is 20.7 Å². The van der Waals surface area contributed by atoms with Gasteiger partial charge in [0.15, 0.2) is 49.6 Å². The summed E-state index contributed by atoms with van der Waals surface area (Å²) >= 11 is 0. The van der Waals surface area contributed by atoms with Crippen molar-refractivity contribution in [2.24, 2.45) is 5.11 Å². The summed E-state index contributed by atoms with van der Waals surface area (Å²) in [5, 5.41) is 9.50. The van der Waals surface area contributed by atoms with Crippen molar-refractivity contribution >= 4 is 47.6 Å². The Hall–Kier alpha value is -7.71. The highest BCUT2D eigenvalue weighted by molar-refractivity contribution is 5.74. The molecular formula is C61H75N5O25. The van der Waals surface area contributed by atoms with Crippen molar-refractivity contribution in [3.05, 3.63) is 118 Å². The maximum absolute atomic E-state index is 13.4. The zero-order valence-corrected chi connectivity index (χ0v) is 51.2. The fraction of sp³-hybridized carbons (Fsp3) is 0.574. The first kappa shape index (κ1) is 69.2. The number of nitrogens with zero attached hydrogens (tertiary/aromatic N) is 3. The number of esters is 6. The maximum Gasteiger partial charge on any atom is 0.303 e. The van der Waals surface area contributed by atoms with Crippen LogP contribution in [-0.2, 0) is 139 Å². The van der Waals surface area contributed by atoms with Crippen LogP contribution in [0.2, 0.25) is 0 Å². The Morgan fingerprint density at radius 1 is 0.451 bits per heavy atom. The van der Waals surface area contributed by atoms with Gasteiger partial charge in [0.25, 0.3) is 0 Å². The highest BCUT2D eigenvalue weighted by Crippen LogP contribution is 2.41. The number of benzene rings is 3. The van der Waals surface area contributed by atoms with Crippen LogP contribution >= 0.6 is 0 Å². The van der Waals surface area contributed by atoms with Crippen LogP contribution in [-0.4, -0.2) is 197 Å². The van der Waals surface area contributed by atoms with Crippen LogP contribution in [0.1, 0.15) is 72.1 Å². The van der Waals surface area contributed by atoms with Crippen molar-refractivity contribution in [3.8, 4) is 0 Å². The summed E-state index contributed by atoms with van der Waals surface area (Å²) in [6.45, 7) is 6.60. The molecule has 8 rings (SSSR count). The highest BCUT2D eigenvalue weighted by atomic mass is 16.8. The predicted octanol–water partition coefficient (Wildman–Crippen LogP) is 3.00. The van der Waals surface area contributed by atoms with Gasteiger partial charge in [-0.05, 0) is 22.2 Å². The number of ether oxygens (including phenoxy) is 17. The van der Waals surface area contributed by atoms with E-state index in [-0.39, 0.29) is 26.4 Å². The highest BCUT2D eigenvalue weighted by Gasteiger charge is 2.60. The molecule has 0 spiro atoms. The molecule has 0 saturated carbocycles. The van der Waals surface area contributed by atoms with Gasteiger partial charge in [-0.2, -0.15) is 0 Å². The topological polar surface area (TPSA) is 366 Å². The van der Waals surface area contributed by atoms with Crippen molar-refractivity contribution < 1.29 is 119 Å². The van der Waals surface area contributed by atoms with Gasteiger partial charge >= 0.3 is 35.8 Å². The van der Waals surface area contributed by atoms with Crippen molar-refractivity contribution in [2.45, 2.75) is 198 Å². The zero-order valence-electron chi connectivity index (χ0n) is 51.2. The number of amides is 2. The molecule has 494 valence electrons. The quantitative estimate of drug-likeness (QED) is 0.0364. The normalized spacial score (nSPS) is 31.7. The van der Waals surface area contributed by atoms with Gasteiger partial charge in [-0.15, -0.1) is 0 Å². The second-order valence-electron chi connectivity index (χ2n) is 21.9. The van der Waals surface area contributed by atoms with E-state index >= 15 is 0 Å². The average Bonchev–Trinajstić information content (AvgIpc) is 1.72. The van der Waals surface area contributed by atoms with Crippen LogP contribution in [0.5, 0.6) is 0 Å². The molecule has 30 nitrogen and oxygen atoms in total. The van der Waals surface area contributed by atoms with Gasteiger partial charge in [-0.25, -0.2) is 0 Å². The minimum atomic E-state index is -1.80. The third-order valence-corrected chi connectivity index (χ3v) is 14.8. The summed E-state index contributed by atoms with van der Waals surface area (Å²) in [6, 6.07) is 22.7. The molecule has 91 heavy (non-hydrogen) atoms. The zero-order chi connectivity index (χ0) is 65.3. The number of nitrogens with one attached hydrogen (secondary N) is 2. The number of hydrogen-bond donors (Lipinski definition) is 2. The lowest BCUT2D eigenvalue weighted by Gasteiger charge is -2.51. The first-order chi connectivity index (χ1) is 43.6. The molecule has 3 aromatic rings. The van der Waals surface area contributed by atoms with E-state index in [1.165, 1.54) is 13.8 Å². The first-order valence-electron chi connectivity index (χ1n) is 29.3. The number of hydrogen-bond acceptors (Lipinski definition) is 26. The third kappa shape index (κ3) is 19.2. The van der Waals surface area contributed by atoms with Crippen LogP contribution in [0, 0.1) is 0 Å². The van der Waals surface area contributed by atoms with Crippen LogP contribution in [0.15, 0.2) is 96.1 Å². The Morgan fingerprint density at radius 3 is 1.31 bits per heavy atom. The molecule has 2 N–H and O–H groups in total. The van der Waals surface area contributed by atoms with Gasteiger partial charge in [0.05, 0.1) is 33.0 Å². The van der Waals surface area contributed by atoms with Gasteiger partial charge < -0.3 is 91.2 Å². The van der Waals surface area contributed by atoms with E-state index in [4.69, 9.17) is 80.5 Å². The number of carbonyl (C=O) groups excluding carboxylic acids is 8. The molecule has 2 amide bonds. The second kappa shape index (κ2) is 33.0. The summed E-state index contributed by atoms with van der Waals surface area (Å²) in [5.41, 5.74) is 12.0. The van der Waals surface area contributed by atoms with Crippen LogP contribution < -0.4 is 10.6 Å². The van der Waals surface area contributed by atoms with Crippen molar-refractivity contribution in [1.29, 1.82) is 0 Å². The molecule has 5 fully saturated rings. The molecular weight excluding hydrogens is 1200 g/mol. The summed E-state index contributed by atoms with van der Waals surface area (Å²) < 4.78 is 108. The van der Waals surface area contributed by atoms with Gasteiger partial charge in [-0.1, -0.05) is 96.1 Å². The van der Waals surface area contributed by atoms with Crippen LogP contribution in [0.4, 0.5) is 0 Å². The standard InChI is InChI=1S/C61H75N5O25/c1-31(67)63-46-54(84-37(7)73)51(82-35(5)71)43(27-75-33(3)69)86-58(46)80-29-42-49(77-24-39-18-12-9-13-19-39)56(91-60-47(64-32(2)68)55(85-38(8)74)52(83-36(6)72)44(88-60)28-76-34(4)70)57(79-26-41-22-16-11-17-23-41)61(89-42)90-50-45-30-81-59(87-45)48(65-66-62)53(50)78-25-40-20-14-10-15-21-40/h9-23,42-61H,24-30H2,1-8H3,(H,63,67)(H,64,68)/t42-,43-,44-,45-,46-,47-,48-,49+,50-,51-,52-,53-,54-,55-,56+,57-,58-,59-,60+,61+/m1/s1. The molecule has 5 heterocycles. The molecule has 0 unspecified atom stereocenters. The minimum absolute atomic E-state index is 0.0167. The molecule has 0 aromatic heterocycles. The maximum atomic E-state index is 13.4. The van der Waals surface area contributed by atoms with Crippen LogP contribution in [0.3, 0.4) is 0 Å². The van der Waals surface area contributed by atoms with Crippen molar-refractivity contribution in [3.63, 3.8) is 0 Å².